The second-order valence-electron chi connectivity index (χ2n) is 5.20. The normalized spacial score (nSPS) is 16.6. The molecule has 4 heteroatoms. The van der Waals surface area contributed by atoms with Crippen LogP contribution in [0, 0.1) is 5.92 Å². The lowest BCUT2D eigenvalue weighted by Gasteiger charge is -2.27. The van der Waals surface area contributed by atoms with Crippen molar-refractivity contribution >= 4 is 18.3 Å². The SMILES string of the molecule is CCC(N)(CC)CNC(=O)CC1CCCC1.Cl. The van der Waals surface area contributed by atoms with Gasteiger partial charge < -0.3 is 11.1 Å². The summed E-state index contributed by atoms with van der Waals surface area (Å²) in [6.07, 6.45) is 7.56. The third-order valence-electron chi connectivity index (χ3n) is 3.99. The first kappa shape index (κ1) is 16.7. The van der Waals surface area contributed by atoms with Gasteiger partial charge >= 0.3 is 0 Å². The van der Waals surface area contributed by atoms with E-state index in [2.05, 4.69) is 19.2 Å². The van der Waals surface area contributed by atoms with Crippen LogP contribution in [0.15, 0.2) is 0 Å². The van der Waals surface area contributed by atoms with E-state index in [0.29, 0.717) is 18.9 Å². The van der Waals surface area contributed by atoms with Crippen LogP contribution in [0.4, 0.5) is 0 Å². The monoisotopic (exact) mass is 262 g/mol. The predicted octanol–water partition coefficient (Wildman–Crippen LogP) is 2.62. The second kappa shape index (κ2) is 7.93. The zero-order chi connectivity index (χ0) is 12.0. The van der Waals surface area contributed by atoms with E-state index in [-0.39, 0.29) is 23.9 Å². The highest BCUT2D eigenvalue weighted by molar-refractivity contribution is 5.85. The maximum Gasteiger partial charge on any atom is 0.220 e. The Morgan fingerprint density at radius 3 is 2.29 bits per heavy atom. The molecule has 0 bridgehead atoms. The molecule has 0 saturated heterocycles. The van der Waals surface area contributed by atoms with Gasteiger partial charge in [-0.3, -0.25) is 4.79 Å². The summed E-state index contributed by atoms with van der Waals surface area (Å²) in [6, 6.07) is 0. The molecule has 0 spiro atoms. The lowest BCUT2D eigenvalue weighted by atomic mass is 9.94. The molecular formula is C13H27ClN2O. The Morgan fingerprint density at radius 1 is 1.29 bits per heavy atom. The summed E-state index contributed by atoms with van der Waals surface area (Å²) in [5.41, 5.74) is 5.92. The smallest absolute Gasteiger partial charge is 0.220 e. The van der Waals surface area contributed by atoms with Crippen molar-refractivity contribution in [3.05, 3.63) is 0 Å². The van der Waals surface area contributed by atoms with E-state index in [1.54, 1.807) is 0 Å². The molecule has 0 heterocycles. The van der Waals surface area contributed by atoms with Gasteiger partial charge in [0, 0.05) is 18.5 Å². The number of halogens is 1. The minimum atomic E-state index is -0.217. The number of hydrogen-bond acceptors (Lipinski definition) is 2. The summed E-state index contributed by atoms with van der Waals surface area (Å²) in [6.45, 7) is 4.77. The molecule has 3 nitrogen and oxygen atoms in total. The number of hydrogen-bond donors (Lipinski definition) is 2. The Morgan fingerprint density at radius 2 is 1.82 bits per heavy atom. The Bertz CT molecular complexity index is 223. The first-order valence-corrected chi connectivity index (χ1v) is 6.65. The third kappa shape index (κ3) is 5.73. The fourth-order valence-corrected chi connectivity index (χ4v) is 2.32. The Kier molecular flexibility index (Phi) is 7.80. The molecule has 0 radical (unpaired) electrons. The van der Waals surface area contributed by atoms with Gasteiger partial charge in [-0.25, -0.2) is 0 Å². The number of nitrogens with one attached hydrogen (secondary N) is 1. The zero-order valence-corrected chi connectivity index (χ0v) is 11.9. The van der Waals surface area contributed by atoms with Gasteiger partial charge in [0.15, 0.2) is 0 Å². The van der Waals surface area contributed by atoms with Gasteiger partial charge in [0.05, 0.1) is 0 Å². The predicted molar refractivity (Wildman–Crippen MR) is 74.3 cm³/mol. The summed E-state index contributed by atoms with van der Waals surface area (Å²) >= 11 is 0. The molecule has 0 unspecified atom stereocenters. The number of carbonyl (C=O) groups excluding carboxylic acids is 1. The Balaban J connectivity index is 0.00000256. The summed E-state index contributed by atoms with van der Waals surface area (Å²) in [5.74, 6) is 0.805. The van der Waals surface area contributed by atoms with Crippen molar-refractivity contribution in [1.82, 2.24) is 5.32 Å². The molecule has 0 atom stereocenters. The topological polar surface area (TPSA) is 55.1 Å². The number of carbonyl (C=O) groups is 1. The second-order valence-corrected chi connectivity index (χ2v) is 5.20. The van der Waals surface area contributed by atoms with Crippen LogP contribution in [-0.2, 0) is 4.79 Å². The zero-order valence-electron chi connectivity index (χ0n) is 11.1. The van der Waals surface area contributed by atoms with E-state index in [1.807, 2.05) is 0 Å². The highest BCUT2D eigenvalue weighted by atomic mass is 35.5. The first-order valence-electron chi connectivity index (χ1n) is 6.65. The molecular weight excluding hydrogens is 236 g/mol. The maximum atomic E-state index is 11.7. The molecule has 3 N–H and O–H groups in total. The van der Waals surface area contributed by atoms with Crippen molar-refractivity contribution in [2.24, 2.45) is 11.7 Å². The minimum absolute atomic E-state index is 0. The molecule has 17 heavy (non-hydrogen) atoms. The summed E-state index contributed by atoms with van der Waals surface area (Å²) < 4.78 is 0. The van der Waals surface area contributed by atoms with Crippen molar-refractivity contribution in [1.29, 1.82) is 0 Å². The largest absolute Gasteiger partial charge is 0.354 e. The molecule has 0 aromatic carbocycles. The molecule has 0 aromatic rings. The van der Waals surface area contributed by atoms with Gasteiger partial charge in [-0.15, -0.1) is 12.4 Å². The fourth-order valence-electron chi connectivity index (χ4n) is 2.32. The Hall–Kier alpha value is -0.280. The van der Waals surface area contributed by atoms with Crippen LogP contribution < -0.4 is 11.1 Å². The van der Waals surface area contributed by atoms with E-state index in [9.17, 15) is 4.79 Å². The first-order chi connectivity index (χ1) is 7.59. The number of amides is 1. The van der Waals surface area contributed by atoms with Crippen molar-refractivity contribution in [3.8, 4) is 0 Å². The van der Waals surface area contributed by atoms with Crippen molar-refractivity contribution in [3.63, 3.8) is 0 Å². The van der Waals surface area contributed by atoms with Crippen molar-refractivity contribution in [2.45, 2.75) is 64.3 Å². The minimum Gasteiger partial charge on any atom is -0.354 e. The molecule has 1 amide bonds. The summed E-state index contributed by atoms with van der Waals surface area (Å²) in [5, 5.41) is 2.99. The van der Waals surface area contributed by atoms with Crippen LogP contribution in [0.3, 0.4) is 0 Å². The van der Waals surface area contributed by atoms with Crippen LogP contribution in [-0.4, -0.2) is 18.0 Å². The van der Waals surface area contributed by atoms with E-state index >= 15 is 0 Å². The van der Waals surface area contributed by atoms with Crippen LogP contribution in [0.2, 0.25) is 0 Å². The van der Waals surface area contributed by atoms with Crippen molar-refractivity contribution in [2.75, 3.05) is 6.54 Å². The van der Waals surface area contributed by atoms with Gasteiger partial charge in [-0.05, 0) is 31.6 Å². The molecule has 102 valence electrons. The molecule has 1 aliphatic rings. The standard InChI is InChI=1S/C13H26N2O.ClH/c1-3-13(14,4-2)10-15-12(16)9-11-7-5-6-8-11;/h11H,3-10,14H2,1-2H3,(H,15,16);1H. The summed E-state index contributed by atoms with van der Waals surface area (Å²) in [4.78, 5) is 11.7. The fraction of sp³-hybridized carbons (Fsp3) is 0.923. The molecule has 1 saturated carbocycles. The van der Waals surface area contributed by atoms with Gasteiger partial charge in [0.1, 0.15) is 0 Å². The van der Waals surface area contributed by atoms with Gasteiger partial charge in [0.25, 0.3) is 0 Å². The third-order valence-corrected chi connectivity index (χ3v) is 3.99. The lowest BCUT2D eigenvalue weighted by molar-refractivity contribution is -0.122. The van der Waals surface area contributed by atoms with Crippen LogP contribution in [0.5, 0.6) is 0 Å². The van der Waals surface area contributed by atoms with Crippen molar-refractivity contribution < 1.29 is 4.79 Å². The van der Waals surface area contributed by atoms with Crippen LogP contribution in [0.25, 0.3) is 0 Å². The molecule has 1 fully saturated rings. The average Bonchev–Trinajstić information content (AvgIpc) is 2.79. The molecule has 1 aliphatic carbocycles. The number of rotatable bonds is 6. The lowest BCUT2D eigenvalue weighted by Crippen LogP contribution is -2.49. The number of nitrogens with two attached hydrogens (primary N) is 1. The maximum absolute atomic E-state index is 11.7. The molecule has 0 aliphatic heterocycles. The Labute approximate surface area is 111 Å². The van der Waals surface area contributed by atoms with Crippen LogP contribution >= 0.6 is 12.4 Å². The van der Waals surface area contributed by atoms with E-state index in [1.165, 1.54) is 25.7 Å². The molecule has 1 rings (SSSR count). The van der Waals surface area contributed by atoms with Crippen LogP contribution in [0.1, 0.15) is 58.8 Å². The van der Waals surface area contributed by atoms with E-state index in [4.69, 9.17) is 5.73 Å². The molecule has 0 aromatic heterocycles. The van der Waals surface area contributed by atoms with E-state index in [0.717, 1.165) is 12.8 Å². The quantitative estimate of drug-likeness (QED) is 0.773. The van der Waals surface area contributed by atoms with Gasteiger partial charge in [0.2, 0.25) is 5.91 Å². The average molecular weight is 263 g/mol. The van der Waals surface area contributed by atoms with Gasteiger partial charge in [-0.1, -0.05) is 26.7 Å². The highest BCUT2D eigenvalue weighted by Gasteiger charge is 2.22. The van der Waals surface area contributed by atoms with Gasteiger partial charge in [-0.2, -0.15) is 0 Å². The highest BCUT2D eigenvalue weighted by Crippen LogP contribution is 2.27. The van der Waals surface area contributed by atoms with E-state index < -0.39 is 0 Å². The summed E-state index contributed by atoms with van der Waals surface area (Å²) in [7, 11) is 0.